The predicted molar refractivity (Wildman–Crippen MR) is 209 cm³/mol. The van der Waals surface area contributed by atoms with E-state index in [4.69, 9.17) is 14.2 Å². The third-order valence-electron chi connectivity index (χ3n) is 9.02. The Hall–Kier alpha value is -4.61. The minimum Gasteiger partial charge on any atom is -0.494 e. The first kappa shape index (κ1) is 40.2. The first-order chi connectivity index (χ1) is 25.0. The number of amides is 1. The SMILES string of the molecule is CCC(C)C(=O)OCCCCCCOc1ccc(C(OC(=O)Nc2ccc(N(CC)CCNS(C)(=O)=O)cc2C)c2cccc3ccccc23)cc1. The van der Waals surface area contributed by atoms with Crippen molar-refractivity contribution in [1.29, 1.82) is 0 Å². The van der Waals surface area contributed by atoms with Crippen LogP contribution in [0.3, 0.4) is 0 Å². The molecule has 52 heavy (non-hydrogen) atoms. The van der Waals surface area contributed by atoms with Gasteiger partial charge in [-0.3, -0.25) is 10.1 Å². The maximum atomic E-state index is 13.5. The fourth-order valence-electron chi connectivity index (χ4n) is 5.83. The second-order valence-electron chi connectivity index (χ2n) is 13.0. The molecule has 4 rings (SSSR count). The van der Waals surface area contributed by atoms with Crippen molar-refractivity contribution in [3.63, 3.8) is 0 Å². The lowest BCUT2D eigenvalue weighted by molar-refractivity contribution is -0.148. The zero-order chi connectivity index (χ0) is 37.5. The van der Waals surface area contributed by atoms with Crippen LogP contribution in [0.5, 0.6) is 5.75 Å². The van der Waals surface area contributed by atoms with Gasteiger partial charge in [-0.05, 0) is 98.2 Å². The molecule has 10 nitrogen and oxygen atoms in total. The van der Waals surface area contributed by atoms with Gasteiger partial charge in [0.2, 0.25) is 10.0 Å². The molecule has 0 radical (unpaired) electrons. The standard InChI is InChI=1S/C41H53N3O7S/c1-6-30(3)40(45)50-28-13-9-8-12-27-49-35-22-19-33(20-23-35)39(37-18-14-16-32-15-10-11-17-36(32)37)51-41(46)43-38-24-21-34(29-31(38)4)44(7-2)26-25-42-52(5,47)48/h10-11,14-24,29-30,39,42H,6-9,12-13,25-28H2,1-5H3,(H,43,46). The number of benzene rings is 4. The van der Waals surface area contributed by atoms with Gasteiger partial charge in [0.1, 0.15) is 5.75 Å². The molecule has 280 valence electrons. The highest BCUT2D eigenvalue weighted by Crippen LogP contribution is 2.33. The lowest BCUT2D eigenvalue weighted by atomic mass is 9.95. The molecule has 0 aromatic heterocycles. The van der Waals surface area contributed by atoms with Gasteiger partial charge in [0.05, 0.1) is 25.4 Å². The summed E-state index contributed by atoms with van der Waals surface area (Å²) in [6.07, 6.45) is 4.33. The number of fused-ring (bicyclic) bond motifs is 1. The monoisotopic (exact) mass is 731 g/mol. The van der Waals surface area contributed by atoms with Crippen molar-refractivity contribution < 1.29 is 32.2 Å². The average molecular weight is 732 g/mol. The van der Waals surface area contributed by atoms with Gasteiger partial charge in [-0.25, -0.2) is 17.9 Å². The highest BCUT2D eigenvalue weighted by molar-refractivity contribution is 7.88. The zero-order valence-electron chi connectivity index (χ0n) is 31.0. The molecule has 4 aromatic rings. The molecule has 0 heterocycles. The van der Waals surface area contributed by atoms with Crippen LogP contribution in [0.4, 0.5) is 16.2 Å². The van der Waals surface area contributed by atoms with E-state index in [0.717, 1.165) is 77.3 Å². The summed E-state index contributed by atoms with van der Waals surface area (Å²) in [6, 6.07) is 27.4. The van der Waals surface area contributed by atoms with Crippen molar-refractivity contribution >= 4 is 44.2 Å². The summed E-state index contributed by atoms with van der Waals surface area (Å²) in [5.41, 5.74) is 4.05. The van der Waals surface area contributed by atoms with E-state index in [1.165, 1.54) is 0 Å². The van der Waals surface area contributed by atoms with Crippen LogP contribution >= 0.6 is 0 Å². The fourth-order valence-corrected chi connectivity index (χ4v) is 6.29. The van der Waals surface area contributed by atoms with Gasteiger partial charge >= 0.3 is 12.1 Å². The molecule has 11 heteroatoms. The molecular formula is C41H53N3O7S. The van der Waals surface area contributed by atoms with Gasteiger partial charge in [-0.1, -0.05) is 68.4 Å². The molecule has 1 amide bonds. The quantitative estimate of drug-likeness (QED) is 0.0687. The molecule has 0 fully saturated rings. The Labute approximate surface area is 308 Å². The summed E-state index contributed by atoms with van der Waals surface area (Å²) < 4.78 is 43.1. The molecule has 2 atom stereocenters. The number of likely N-dealkylation sites (N-methyl/N-ethyl adjacent to an activating group) is 1. The summed E-state index contributed by atoms with van der Waals surface area (Å²) in [5, 5.41) is 4.96. The lowest BCUT2D eigenvalue weighted by Crippen LogP contribution is -2.34. The van der Waals surface area contributed by atoms with Crippen LogP contribution in [0.2, 0.25) is 0 Å². The number of rotatable bonds is 20. The fraction of sp³-hybridized carbons (Fsp3) is 0.415. The number of unbranched alkanes of at least 4 members (excludes halogenated alkanes) is 3. The van der Waals surface area contributed by atoms with Crippen molar-refractivity contribution in [2.45, 2.75) is 65.9 Å². The van der Waals surface area contributed by atoms with Crippen LogP contribution in [0.25, 0.3) is 10.8 Å². The number of anilines is 2. The number of esters is 1. The number of nitrogens with zero attached hydrogens (tertiary/aromatic N) is 1. The van der Waals surface area contributed by atoms with Gasteiger partial charge in [0.15, 0.2) is 6.10 Å². The minimum absolute atomic E-state index is 0.0519. The molecule has 0 saturated carbocycles. The van der Waals surface area contributed by atoms with Crippen LogP contribution in [0.1, 0.15) is 75.7 Å². The summed E-state index contributed by atoms with van der Waals surface area (Å²) >= 11 is 0. The first-order valence-electron chi connectivity index (χ1n) is 18.1. The largest absolute Gasteiger partial charge is 0.494 e. The highest BCUT2D eigenvalue weighted by Gasteiger charge is 2.22. The van der Waals surface area contributed by atoms with Crippen molar-refractivity contribution in [3.05, 3.63) is 102 Å². The smallest absolute Gasteiger partial charge is 0.412 e. The van der Waals surface area contributed by atoms with Gasteiger partial charge < -0.3 is 19.1 Å². The van der Waals surface area contributed by atoms with Gasteiger partial charge in [-0.15, -0.1) is 0 Å². The summed E-state index contributed by atoms with van der Waals surface area (Å²) in [7, 11) is -3.27. The Morgan fingerprint density at radius 1 is 0.865 bits per heavy atom. The molecule has 0 aliphatic heterocycles. The van der Waals surface area contributed by atoms with Crippen LogP contribution in [-0.4, -0.2) is 59.6 Å². The number of carbonyl (C=O) groups is 2. The van der Waals surface area contributed by atoms with Gasteiger partial charge in [0.25, 0.3) is 0 Å². The number of ether oxygens (including phenoxy) is 3. The Balaban J connectivity index is 1.39. The summed E-state index contributed by atoms with van der Waals surface area (Å²) in [6.45, 7) is 10.3. The molecule has 0 aliphatic rings. The molecule has 2 unspecified atom stereocenters. The molecule has 4 aromatic carbocycles. The van der Waals surface area contributed by atoms with Crippen LogP contribution in [0.15, 0.2) is 84.9 Å². The Kier molecular flexibility index (Phi) is 15.3. The third-order valence-corrected chi connectivity index (χ3v) is 9.75. The third kappa shape index (κ3) is 12.3. The summed E-state index contributed by atoms with van der Waals surface area (Å²) in [5.74, 6) is 0.559. The molecule has 0 saturated heterocycles. The molecule has 0 bridgehead atoms. The van der Waals surface area contributed by atoms with Crippen molar-refractivity contribution in [1.82, 2.24) is 4.72 Å². The van der Waals surface area contributed by atoms with Crippen LogP contribution in [-0.2, 0) is 24.3 Å². The van der Waals surface area contributed by atoms with Crippen molar-refractivity contribution in [2.24, 2.45) is 5.92 Å². The van der Waals surface area contributed by atoms with E-state index in [1.807, 2.05) is 113 Å². The normalized spacial score (nSPS) is 12.6. The lowest BCUT2D eigenvalue weighted by Gasteiger charge is -2.24. The number of hydrogen-bond donors (Lipinski definition) is 2. The van der Waals surface area contributed by atoms with E-state index in [1.54, 1.807) is 0 Å². The van der Waals surface area contributed by atoms with E-state index >= 15 is 0 Å². The number of aryl methyl sites for hydroxylation is 1. The molecule has 0 aliphatic carbocycles. The van der Waals surface area contributed by atoms with E-state index in [-0.39, 0.29) is 11.9 Å². The second kappa shape index (κ2) is 19.8. The average Bonchev–Trinajstić information content (AvgIpc) is 3.13. The predicted octanol–water partition coefficient (Wildman–Crippen LogP) is 8.39. The van der Waals surface area contributed by atoms with Gasteiger partial charge in [0, 0.05) is 36.6 Å². The number of nitrogens with one attached hydrogen (secondary N) is 2. The molecule has 2 N–H and O–H groups in total. The number of carbonyl (C=O) groups excluding carboxylic acids is 2. The zero-order valence-corrected chi connectivity index (χ0v) is 31.8. The van der Waals surface area contributed by atoms with E-state index in [2.05, 4.69) is 14.9 Å². The van der Waals surface area contributed by atoms with Crippen molar-refractivity contribution in [2.75, 3.05) is 49.3 Å². The first-order valence-corrected chi connectivity index (χ1v) is 20.0. The number of sulfonamides is 1. The van der Waals surface area contributed by atoms with Crippen LogP contribution in [0, 0.1) is 12.8 Å². The minimum atomic E-state index is -3.27. The van der Waals surface area contributed by atoms with E-state index in [0.29, 0.717) is 38.5 Å². The Morgan fingerprint density at radius 2 is 1.58 bits per heavy atom. The molecule has 0 spiro atoms. The topological polar surface area (TPSA) is 123 Å². The van der Waals surface area contributed by atoms with Crippen molar-refractivity contribution in [3.8, 4) is 5.75 Å². The van der Waals surface area contributed by atoms with Crippen LogP contribution < -0.4 is 19.7 Å². The van der Waals surface area contributed by atoms with E-state index in [9.17, 15) is 18.0 Å². The maximum absolute atomic E-state index is 13.5. The Morgan fingerprint density at radius 3 is 2.27 bits per heavy atom. The maximum Gasteiger partial charge on any atom is 0.412 e. The second-order valence-corrected chi connectivity index (χ2v) is 14.9. The summed E-state index contributed by atoms with van der Waals surface area (Å²) in [4.78, 5) is 27.4. The highest BCUT2D eigenvalue weighted by atomic mass is 32.2. The van der Waals surface area contributed by atoms with Gasteiger partial charge in [-0.2, -0.15) is 0 Å². The molecular weight excluding hydrogens is 679 g/mol. The Bertz CT molecular complexity index is 1860. The number of hydrogen-bond acceptors (Lipinski definition) is 8. The van der Waals surface area contributed by atoms with E-state index < -0.39 is 22.2 Å².